The molecule has 2 heterocycles. The van der Waals surface area contributed by atoms with Crippen molar-refractivity contribution in [1.82, 2.24) is 9.55 Å². The first-order valence-electron chi connectivity index (χ1n) is 4.87. The van der Waals surface area contributed by atoms with Crippen molar-refractivity contribution < 1.29 is 41.2 Å². The molecule has 1 fully saturated rings. The minimum atomic E-state index is -0.811. The molecule has 95 valence electrons. The fraction of sp³-hybridized carbons (Fsp3) is 0.556. The van der Waals surface area contributed by atoms with E-state index in [2.05, 4.69) is 4.98 Å². The topological polar surface area (TPSA) is 105 Å². The average Bonchev–Trinajstić information content (AvgIpc) is 2.59. The molecular formula is C9H12AtN2O5. The van der Waals surface area contributed by atoms with E-state index < -0.39 is 29.7 Å². The van der Waals surface area contributed by atoms with Crippen LogP contribution in [0.5, 0.6) is 0 Å². The molecule has 1 aromatic heterocycles. The summed E-state index contributed by atoms with van der Waals surface area (Å²) in [4.78, 5) is 24.3. The molecule has 0 aliphatic carbocycles. The maximum atomic E-state index is 11.4. The third kappa shape index (κ3) is 3.01. The van der Waals surface area contributed by atoms with Crippen molar-refractivity contribution in [2.75, 3.05) is 6.61 Å². The van der Waals surface area contributed by atoms with Crippen LogP contribution in [0.1, 0.15) is 12.6 Å². The minimum Gasteiger partial charge on any atom is -0.394 e. The summed E-state index contributed by atoms with van der Waals surface area (Å²) in [7, 11) is 0. The second-order valence-corrected chi connectivity index (χ2v) is 3.63. The van der Waals surface area contributed by atoms with Crippen molar-refractivity contribution in [2.24, 2.45) is 0 Å². The Kier molecular flexibility index (Phi) is 5.00. The van der Waals surface area contributed by atoms with E-state index in [9.17, 15) is 14.7 Å². The Labute approximate surface area is 115 Å². The van der Waals surface area contributed by atoms with Crippen LogP contribution in [0, 0.1) is 26.2 Å². The second-order valence-electron chi connectivity index (χ2n) is 3.63. The molecule has 1 aromatic rings. The van der Waals surface area contributed by atoms with Crippen molar-refractivity contribution in [2.45, 2.75) is 24.9 Å². The predicted molar refractivity (Wildman–Crippen MR) is 52.9 cm³/mol. The molecule has 2 rings (SSSR count). The van der Waals surface area contributed by atoms with Gasteiger partial charge in [-0.05, 0) is 0 Å². The van der Waals surface area contributed by atoms with E-state index in [1.807, 2.05) is 0 Å². The Morgan fingerprint density at radius 3 is 2.76 bits per heavy atom. The van der Waals surface area contributed by atoms with E-state index in [-0.39, 0.29) is 39.2 Å². The van der Waals surface area contributed by atoms with E-state index in [1.54, 1.807) is 0 Å². The number of hydrogen-bond donors (Lipinski definition) is 3. The van der Waals surface area contributed by atoms with Crippen molar-refractivity contribution >= 4 is 0 Å². The molecule has 3 atom stereocenters. The zero-order valence-electron chi connectivity index (χ0n) is 8.75. The Morgan fingerprint density at radius 2 is 2.24 bits per heavy atom. The molecule has 1 radical (unpaired) electrons. The van der Waals surface area contributed by atoms with Gasteiger partial charge in [0, 0.05) is 44.9 Å². The normalized spacial score (nSPS) is 27.8. The Bertz CT molecular complexity index is 485. The van der Waals surface area contributed by atoms with Gasteiger partial charge in [-0.2, -0.15) is 0 Å². The number of rotatable bonds is 2. The molecule has 0 unspecified atom stereocenters. The van der Waals surface area contributed by atoms with Crippen LogP contribution in [-0.4, -0.2) is 38.6 Å². The van der Waals surface area contributed by atoms with Crippen LogP contribution < -0.4 is 11.2 Å². The van der Waals surface area contributed by atoms with E-state index in [1.165, 1.54) is 16.8 Å². The van der Waals surface area contributed by atoms with Crippen LogP contribution in [0.15, 0.2) is 21.9 Å². The number of aliphatic hydroxyl groups excluding tert-OH is 2. The van der Waals surface area contributed by atoms with Gasteiger partial charge in [-0.1, -0.05) is 0 Å². The quantitative estimate of drug-likeness (QED) is 0.505. The summed E-state index contributed by atoms with van der Waals surface area (Å²) in [6.45, 7) is -0.310. The second kappa shape index (κ2) is 5.86. The van der Waals surface area contributed by atoms with Gasteiger partial charge in [0.2, 0.25) is 0 Å². The Morgan fingerprint density at radius 1 is 1.53 bits per heavy atom. The number of nitrogens with one attached hydrogen (secondary N) is 1. The standard InChI is InChI=1S/C9H12N2O5.At/c12-4-6-5(13)3-8(16-6)11-2-1-7(14)10-9(11)15;/h1-2,5-6,8,12-13H,3-4H2,(H,10,14,15);/t5-,6+,8+;/m0./s1. The maximum absolute atomic E-state index is 11.4. The molecule has 8 heteroatoms. The van der Waals surface area contributed by atoms with Gasteiger partial charge in [0.1, 0.15) is 12.3 Å². The van der Waals surface area contributed by atoms with Crippen molar-refractivity contribution in [3.63, 3.8) is 0 Å². The molecule has 17 heavy (non-hydrogen) atoms. The molecular weight excluding hydrogens is 426 g/mol. The minimum absolute atomic E-state index is 0. The number of nitrogens with zero attached hydrogens (tertiary/aromatic N) is 1. The Balaban J connectivity index is 0.00000144. The van der Waals surface area contributed by atoms with Crippen LogP contribution in [0.3, 0.4) is 0 Å². The number of aromatic nitrogens is 2. The molecule has 3 N–H and O–H groups in total. The summed E-state index contributed by atoms with van der Waals surface area (Å²) >= 11 is 0. The van der Waals surface area contributed by atoms with E-state index in [0.717, 1.165) is 0 Å². The van der Waals surface area contributed by atoms with Crippen LogP contribution in [0.2, 0.25) is 0 Å². The third-order valence-corrected chi connectivity index (χ3v) is 2.55. The number of hydrogen-bond acceptors (Lipinski definition) is 5. The fourth-order valence-electron chi connectivity index (χ4n) is 1.70. The predicted octanol–water partition coefficient (Wildman–Crippen LogP) is -1.82. The summed E-state index contributed by atoms with van der Waals surface area (Å²) in [6.07, 6.45) is -0.649. The van der Waals surface area contributed by atoms with Gasteiger partial charge in [0.05, 0.1) is 12.7 Å². The molecule has 1 aliphatic rings. The number of ether oxygens (including phenoxy) is 1. The monoisotopic (exact) mass is 438 g/mol. The summed E-state index contributed by atoms with van der Waals surface area (Å²) in [5.41, 5.74) is -1.08. The molecule has 1 saturated heterocycles. The Hall–Kier alpha value is -0.557. The largest absolute Gasteiger partial charge is 0.394 e. The summed E-state index contributed by atoms with van der Waals surface area (Å²) < 4.78 is 6.45. The van der Waals surface area contributed by atoms with Crippen LogP contribution in [0.25, 0.3) is 0 Å². The molecule has 0 saturated carbocycles. The van der Waals surface area contributed by atoms with Gasteiger partial charge >= 0.3 is 5.69 Å². The van der Waals surface area contributed by atoms with Gasteiger partial charge in [-0.15, -0.1) is 0 Å². The first kappa shape index (κ1) is 14.5. The fourth-order valence-corrected chi connectivity index (χ4v) is 1.70. The van der Waals surface area contributed by atoms with E-state index in [0.29, 0.717) is 0 Å². The van der Waals surface area contributed by atoms with Gasteiger partial charge in [-0.3, -0.25) is 14.3 Å². The molecule has 0 amide bonds. The molecule has 0 spiro atoms. The summed E-state index contributed by atoms with van der Waals surface area (Å²) in [6, 6.07) is 1.20. The van der Waals surface area contributed by atoms with Gasteiger partial charge in [0.25, 0.3) is 5.56 Å². The van der Waals surface area contributed by atoms with E-state index >= 15 is 0 Å². The maximum Gasteiger partial charge on any atom is 0.330 e. The van der Waals surface area contributed by atoms with Gasteiger partial charge in [0.15, 0.2) is 0 Å². The number of aromatic amines is 1. The SMILES string of the molecule is O=c1ccn([C@H]2C[C@H](O)[C@@H](CO)O2)c(=O)[nH]1.[At]. The first-order chi connectivity index (χ1) is 7.61. The van der Waals surface area contributed by atoms with Gasteiger partial charge in [-0.25, -0.2) is 4.79 Å². The zero-order valence-corrected chi connectivity index (χ0v) is 11.7. The number of aliphatic hydroxyl groups is 2. The van der Waals surface area contributed by atoms with E-state index in [4.69, 9.17) is 9.84 Å². The molecule has 1 aliphatic heterocycles. The van der Waals surface area contributed by atoms with Crippen molar-refractivity contribution in [3.05, 3.63) is 33.1 Å². The van der Waals surface area contributed by atoms with Gasteiger partial charge < -0.3 is 14.9 Å². The third-order valence-electron chi connectivity index (χ3n) is 2.55. The van der Waals surface area contributed by atoms with Crippen molar-refractivity contribution in [1.29, 1.82) is 0 Å². The number of H-pyrrole nitrogens is 1. The first-order valence-corrected chi connectivity index (χ1v) is 4.87. The van der Waals surface area contributed by atoms with Crippen LogP contribution in [0.4, 0.5) is 0 Å². The molecule has 0 bridgehead atoms. The molecule has 0 aromatic carbocycles. The smallest absolute Gasteiger partial charge is 0.330 e. The average molecular weight is 438 g/mol. The molecule has 7 nitrogen and oxygen atoms in total. The zero-order chi connectivity index (χ0) is 11.7. The van der Waals surface area contributed by atoms with Crippen molar-refractivity contribution in [3.8, 4) is 0 Å². The summed E-state index contributed by atoms with van der Waals surface area (Å²) in [5.74, 6) is 0. The van der Waals surface area contributed by atoms with Crippen LogP contribution >= 0.6 is 0 Å². The van der Waals surface area contributed by atoms with Crippen LogP contribution in [-0.2, 0) is 4.74 Å². The summed E-state index contributed by atoms with van der Waals surface area (Å²) in [5, 5.41) is 18.4.